The Balaban J connectivity index is 2.06. The third-order valence-electron chi connectivity index (χ3n) is 4.38. The number of rotatable bonds is 4. The van der Waals surface area contributed by atoms with Gasteiger partial charge in [-0.25, -0.2) is 0 Å². The molecule has 6 heteroatoms. The third-order valence-corrected chi connectivity index (χ3v) is 4.38. The highest BCUT2D eigenvalue weighted by atomic mass is 16.4. The number of carboxylic acids is 1. The molecule has 1 amide bonds. The van der Waals surface area contributed by atoms with E-state index in [0.717, 1.165) is 11.3 Å². The van der Waals surface area contributed by atoms with Crippen molar-refractivity contribution < 1.29 is 14.7 Å². The summed E-state index contributed by atoms with van der Waals surface area (Å²) in [7, 11) is 0. The van der Waals surface area contributed by atoms with E-state index in [1.807, 2.05) is 24.7 Å². The number of nitrogens with zero attached hydrogens (tertiary/aromatic N) is 2. The van der Waals surface area contributed by atoms with E-state index in [1.165, 1.54) is 0 Å². The molecule has 22 heavy (non-hydrogen) atoms. The van der Waals surface area contributed by atoms with Crippen LogP contribution in [0.1, 0.15) is 57.8 Å². The summed E-state index contributed by atoms with van der Waals surface area (Å²) in [6, 6.07) is -0.182. The topological polar surface area (TPSA) is 84.2 Å². The number of aliphatic carboxylic acids is 1. The molecule has 1 fully saturated rings. The summed E-state index contributed by atoms with van der Waals surface area (Å²) in [6.07, 6.45) is 3.19. The number of amides is 1. The molecule has 1 aromatic heterocycles. The van der Waals surface area contributed by atoms with Crippen LogP contribution in [0.2, 0.25) is 0 Å². The van der Waals surface area contributed by atoms with E-state index in [4.69, 9.17) is 5.11 Å². The summed E-state index contributed by atoms with van der Waals surface area (Å²) in [5.41, 5.74) is 1.73. The number of hydrogen-bond donors (Lipinski definition) is 2. The first-order chi connectivity index (χ1) is 10.1. The summed E-state index contributed by atoms with van der Waals surface area (Å²) in [6.45, 7) is 10.0. The number of aryl methyl sites for hydroxylation is 1. The number of nitrogens with one attached hydrogen (secondary N) is 1. The van der Waals surface area contributed by atoms with Crippen LogP contribution >= 0.6 is 0 Å². The first-order valence-corrected chi connectivity index (χ1v) is 7.71. The monoisotopic (exact) mass is 307 g/mol. The predicted octanol–water partition coefficient (Wildman–Crippen LogP) is 2.23. The highest BCUT2D eigenvalue weighted by Gasteiger charge is 2.41. The molecule has 0 saturated heterocycles. The van der Waals surface area contributed by atoms with Gasteiger partial charge in [0.1, 0.15) is 0 Å². The van der Waals surface area contributed by atoms with Crippen molar-refractivity contribution in [1.29, 1.82) is 0 Å². The molecule has 3 unspecified atom stereocenters. The second-order valence-corrected chi connectivity index (χ2v) is 7.14. The van der Waals surface area contributed by atoms with Crippen molar-refractivity contribution in [3.63, 3.8) is 0 Å². The van der Waals surface area contributed by atoms with Crippen LogP contribution in [-0.4, -0.2) is 26.8 Å². The number of carboxylic acid groups (broad SMARTS) is 1. The average molecular weight is 307 g/mol. The van der Waals surface area contributed by atoms with Crippen molar-refractivity contribution in [1.82, 2.24) is 15.1 Å². The van der Waals surface area contributed by atoms with E-state index in [-0.39, 0.29) is 17.5 Å². The fourth-order valence-corrected chi connectivity index (χ4v) is 2.75. The maximum Gasteiger partial charge on any atom is 0.307 e. The molecule has 6 nitrogen and oxygen atoms in total. The predicted molar refractivity (Wildman–Crippen MR) is 82.4 cm³/mol. The van der Waals surface area contributed by atoms with Crippen LogP contribution in [0.5, 0.6) is 0 Å². The lowest BCUT2D eigenvalue weighted by Gasteiger charge is -2.32. The van der Waals surface area contributed by atoms with Crippen molar-refractivity contribution in [3.05, 3.63) is 17.5 Å². The SMILES string of the molecule is Cc1nn(C(C)(C)C)cc1C(C)NC(=O)C1CCC1C(=O)O. The first-order valence-electron chi connectivity index (χ1n) is 7.71. The van der Waals surface area contributed by atoms with E-state index >= 15 is 0 Å². The highest BCUT2D eigenvalue weighted by molar-refractivity contribution is 5.86. The van der Waals surface area contributed by atoms with Crippen LogP contribution in [0.25, 0.3) is 0 Å². The van der Waals surface area contributed by atoms with Crippen LogP contribution in [-0.2, 0) is 15.1 Å². The van der Waals surface area contributed by atoms with Gasteiger partial charge in [0.15, 0.2) is 0 Å². The van der Waals surface area contributed by atoms with E-state index in [2.05, 4.69) is 31.2 Å². The molecule has 0 aromatic carbocycles. The molecule has 3 atom stereocenters. The first kappa shape index (κ1) is 16.5. The normalized spacial score (nSPS) is 22.8. The largest absolute Gasteiger partial charge is 0.481 e. The molecule has 0 radical (unpaired) electrons. The van der Waals surface area contributed by atoms with Crippen LogP contribution in [0.4, 0.5) is 0 Å². The van der Waals surface area contributed by atoms with Crippen molar-refractivity contribution in [2.75, 3.05) is 0 Å². The van der Waals surface area contributed by atoms with Crippen LogP contribution in [0.3, 0.4) is 0 Å². The maximum atomic E-state index is 12.2. The van der Waals surface area contributed by atoms with Crippen molar-refractivity contribution >= 4 is 11.9 Å². The maximum absolute atomic E-state index is 12.2. The van der Waals surface area contributed by atoms with Gasteiger partial charge in [0, 0.05) is 11.8 Å². The van der Waals surface area contributed by atoms with Gasteiger partial charge in [-0.3, -0.25) is 14.3 Å². The molecule has 0 bridgehead atoms. The van der Waals surface area contributed by atoms with Crippen molar-refractivity contribution in [3.8, 4) is 0 Å². The molecule has 2 N–H and O–H groups in total. The summed E-state index contributed by atoms with van der Waals surface area (Å²) in [5.74, 6) is -1.99. The Bertz CT molecular complexity index is 586. The Morgan fingerprint density at radius 3 is 2.36 bits per heavy atom. The van der Waals surface area contributed by atoms with E-state index < -0.39 is 17.8 Å². The Labute approximate surface area is 130 Å². The van der Waals surface area contributed by atoms with Gasteiger partial charge >= 0.3 is 5.97 Å². The van der Waals surface area contributed by atoms with Crippen LogP contribution in [0, 0.1) is 18.8 Å². The molecule has 0 spiro atoms. The standard InChI is InChI=1S/C16H25N3O3/c1-9(13-8-19(16(3,4)5)18-10(13)2)17-14(20)11-6-7-12(11)15(21)22/h8-9,11-12H,6-7H2,1-5H3,(H,17,20)(H,21,22). The zero-order chi connectivity index (χ0) is 16.7. The molecule has 0 aliphatic heterocycles. The van der Waals surface area contributed by atoms with Crippen LogP contribution < -0.4 is 5.32 Å². The molecule has 1 saturated carbocycles. The summed E-state index contributed by atoms with van der Waals surface area (Å²) < 4.78 is 1.89. The number of aromatic nitrogens is 2. The highest BCUT2D eigenvalue weighted by Crippen LogP contribution is 2.35. The minimum atomic E-state index is -0.879. The van der Waals surface area contributed by atoms with Gasteiger partial charge in [-0.05, 0) is 47.5 Å². The van der Waals surface area contributed by atoms with E-state index in [1.54, 1.807) is 0 Å². The molecule has 1 aliphatic rings. The van der Waals surface area contributed by atoms with Gasteiger partial charge in [0.05, 0.1) is 29.1 Å². The fourth-order valence-electron chi connectivity index (χ4n) is 2.75. The second kappa shape index (κ2) is 5.74. The van der Waals surface area contributed by atoms with Crippen molar-refractivity contribution in [2.24, 2.45) is 11.8 Å². The zero-order valence-corrected chi connectivity index (χ0v) is 13.9. The average Bonchev–Trinajstić information content (AvgIpc) is 2.68. The second-order valence-electron chi connectivity index (χ2n) is 7.14. The number of hydrogen-bond acceptors (Lipinski definition) is 3. The molecule has 1 aliphatic carbocycles. The Morgan fingerprint density at radius 2 is 1.95 bits per heavy atom. The fraction of sp³-hybridized carbons (Fsp3) is 0.688. The lowest BCUT2D eigenvalue weighted by atomic mass is 9.73. The van der Waals surface area contributed by atoms with E-state index in [0.29, 0.717) is 12.8 Å². The van der Waals surface area contributed by atoms with Gasteiger partial charge in [0.2, 0.25) is 5.91 Å². The Hall–Kier alpha value is -1.85. The summed E-state index contributed by atoms with van der Waals surface area (Å²) in [5, 5.41) is 16.5. The minimum absolute atomic E-state index is 0.116. The summed E-state index contributed by atoms with van der Waals surface area (Å²) in [4.78, 5) is 23.3. The van der Waals surface area contributed by atoms with Crippen molar-refractivity contribution in [2.45, 2.75) is 59.0 Å². The number of carbonyl (C=O) groups excluding carboxylic acids is 1. The van der Waals surface area contributed by atoms with Gasteiger partial charge in [-0.2, -0.15) is 5.10 Å². The Kier molecular flexibility index (Phi) is 4.31. The van der Waals surface area contributed by atoms with E-state index in [9.17, 15) is 9.59 Å². The quantitative estimate of drug-likeness (QED) is 0.893. The van der Waals surface area contributed by atoms with Gasteiger partial charge in [-0.1, -0.05) is 0 Å². The molecular formula is C16H25N3O3. The molecular weight excluding hydrogens is 282 g/mol. The molecule has 1 aromatic rings. The lowest BCUT2D eigenvalue weighted by Crippen LogP contribution is -2.44. The zero-order valence-electron chi connectivity index (χ0n) is 13.9. The van der Waals surface area contributed by atoms with Crippen LogP contribution in [0.15, 0.2) is 6.20 Å². The Morgan fingerprint density at radius 1 is 1.36 bits per heavy atom. The summed E-state index contributed by atoms with van der Waals surface area (Å²) >= 11 is 0. The minimum Gasteiger partial charge on any atom is -0.481 e. The van der Waals surface area contributed by atoms with Gasteiger partial charge in [-0.15, -0.1) is 0 Å². The smallest absolute Gasteiger partial charge is 0.307 e. The molecule has 2 rings (SSSR count). The van der Waals surface area contributed by atoms with Gasteiger partial charge in [0.25, 0.3) is 0 Å². The molecule has 1 heterocycles. The number of carbonyl (C=O) groups is 2. The lowest BCUT2D eigenvalue weighted by molar-refractivity contribution is -0.152. The molecule has 122 valence electrons. The third kappa shape index (κ3) is 3.15. The van der Waals surface area contributed by atoms with Gasteiger partial charge < -0.3 is 10.4 Å².